The fraction of sp³-hybridized carbons (Fsp3) is 0.240. The highest BCUT2D eigenvalue weighted by atomic mass is 19.1. The number of aryl methyl sites for hydroxylation is 1. The molecule has 0 spiro atoms. The molecule has 0 unspecified atom stereocenters. The third-order valence-electron chi connectivity index (χ3n) is 5.16. The van der Waals surface area contributed by atoms with Crippen LogP contribution in [0.3, 0.4) is 0 Å². The molecule has 0 aliphatic heterocycles. The van der Waals surface area contributed by atoms with E-state index in [0.29, 0.717) is 0 Å². The zero-order chi connectivity index (χ0) is 21.3. The summed E-state index contributed by atoms with van der Waals surface area (Å²) in [4.78, 5) is 12.6. The third kappa shape index (κ3) is 5.67. The Hall–Kier alpha value is -3.18. The Bertz CT molecular complexity index is 928. The standard InChI is InChI=1S/C25H27FN2O2/c1-27-25(29)24(20-6-4-3-5-7-20)28-23(19-11-13-21(26)14-12-19)17-10-18-8-15-22(30-2)16-9-18/h3-9,11-16,23-24,28H,10,17H2,1-2H3,(H,27,29)/t23-,24+/m0/s1. The van der Waals surface area contributed by atoms with Gasteiger partial charge in [0.2, 0.25) is 5.91 Å². The topological polar surface area (TPSA) is 50.4 Å². The Kier molecular flexibility index (Phi) is 7.57. The van der Waals surface area contributed by atoms with Crippen molar-refractivity contribution in [2.75, 3.05) is 14.2 Å². The molecule has 3 aromatic carbocycles. The SMILES string of the molecule is CNC(=O)[C@H](N[C@@H](CCc1ccc(OC)cc1)c1ccc(F)cc1)c1ccccc1. The van der Waals surface area contributed by atoms with Crippen LogP contribution in [-0.2, 0) is 11.2 Å². The highest BCUT2D eigenvalue weighted by Crippen LogP contribution is 2.25. The highest BCUT2D eigenvalue weighted by molar-refractivity contribution is 5.83. The van der Waals surface area contributed by atoms with Crippen molar-refractivity contribution in [2.45, 2.75) is 24.9 Å². The van der Waals surface area contributed by atoms with Crippen molar-refractivity contribution >= 4 is 5.91 Å². The van der Waals surface area contributed by atoms with Gasteiger partial charge in [-0.1, -0.05) is 54.6 Å². The van der Waals surface area contributed by atoms with Crippen molar-refractivity contribution < 1.29 is 13.9 Å². The first-order valence-electron chi connectivity index (χ1n) is 10.0. The van der Waals surface area contributed by atoms with Gasteiger partial charge in [0, 0.05) is 13.1 Å². The van der Waals surface area contributed by atoms with Gasteiger partial charge < -0.3 is 10.1 Å². The summed E-state index contributed by atoms with van der Waals surface area (Å²) in [7, 11) is 3.27. The number of methoxy groups -OCH3 is 1. The van der Waals surface area contributed by atoms with E-state index in [9.17, 15) is 9.18 Å². The predicted octanol–water partition coefficient (Wildman–Crippen LogP) is 4.59. The Morgan fingerprint density at radius 3 is 2.20 bits per heavy atom. The summed E-state index contributed by atoms with van der Waals surface area (Å²) in [5.74, 6) is 0.423. The van der Waals surface area contributed by atoms with Crippen LogP contribution >= 0.6 is 0 Å². The number of ether oxygens (including phenoxy) is 1. The molecule has 0 heterocycles. The Labute approximate surface area is 177 Å². The lowest BCUT2D eigenvalue weighted by Gasteiger charge is -2.26. The molecular formula is C25H27FN2O2. The monoisotopic (exact) mass is 406 g/mol. The molecule has 0 bridgehead atoms. The van der Waals surface area contributed by atoms with E-state index in [1.165, 1.54) is 17.7 Å². The minimum Gasteiger partial charge on any atom is -0.497 e. The van der Waals surface area contributed by atoms with Crippen LogP contribution in [0.15, 0.2) is 78.9 Å². The molecule has 2 N–H and O–H groups in total. The van der Waals surface area contributed by atoms with Crippen LogP contribution in [0.4, 0.5) is 4.39 Å². The van der Waals surface area contributed by atoms with Crippen molar-refractivity contribution in [3.05, 3.63) is 101 Å². The molecule has 4 nitrogen and oxygen atoms in total. The summed E-state index contributed by atoms with van der Waals surface area (Å²) < 4.78 is 18.7. The van der Waals surface area contributed by atoms with E-state index < -0.39 is 6.04 Å². The van der Waals surface area contributed by atoms with Gasteiger partial charge in [0.1, 0.15) is 17.6 Å². The van der Waals surface area contributed by atoms with Crippen LogP contribution in [0, 0.1) is 5.82 Å². The fourth-order valence-electron chi connectivity index (χ4n) is 3.46. The lowest BCUT2D eigenvalue weighted by atomic mass is 9.96. The summed E-state index contributed by atoms with van der Waals surface area (Å²) in [5, 5.41) is 6.23. The minimum atomic E-state index is -0.512. The van der Waals surface area contributed by atoms with Gasteiger partial charge in [-0.3, -0.25) is 10.1 Å². The number of nitrogens with one attached hydrogen (secondary N) is 2. The van der Waals surface area contributed by atoms with Gasteiger partial charge in [-0.25, -0.2) is 4.39 Å². The molecule has 0 aliphatic carbocycles. The zero-order valence-corrected chi connectivity index (χ0v) is 17.3. The molecular weight excluding hydrogens is 379 g/mol. The van der Waals surface area contributed by atoms with Crippen molar-refractivity contribution in [3.63, 3.8) is 0 Å². The normalized spacial score (nSPS) is 12.8. The fourth-order valence-corrected chi connectivity index (χ4v) is 3.46. The number of amides is 1. The molecule has 0 aromatic heterocycles. The smallest absolute Gasteiger partial charge is 0.241 e. The predicted molar refractivity (Wildman–Crippen MR) is 117 cm³/mol. The number of carbonyl (C=O) groups is 1. The number of benzene rings is 3. The maximum Gasteiger partial charge on any atom is 0.241 e. The van der Waals surface area contributed by atoms with Crippen LogP contribution in [-0.4, -0.2) is 20.1 Å². The maximum absolute atomic E-state index is 13.5. The number of hydrogen-bond acceptors (Lipinski definition) is 3. The average molecular weight is 407 g/mol. The Morgan fingerprint density at radius 1 is 0.933 bits per heavy atom. The highest BCUT2D eigenvalue weighted by Gasteiger charge is 2.24. The first-order chi connectivity index (χ1) is 14.6. The van der Waals surface area contributed by atoms with E-state index >= 15 is 0 Å². The molecule has 30 heavy (non-hydrogen) atoms. The van der Waals surface area contributed by atoms with E-state index in [1.54, 1.807) is 26.3 Å². The van der Waals surface area contributed by atoms with Crippen LogP contribution in [0.2, 0.25) is 0 Å². The third-order valence-corrected chi connectivity index (χ3v) is 5.16. The molecule has 2 atom stereocenters. The molecule has 1 amide bonds. The summed E-state index contributed by atoms with van der Waals surface area (Å²) >= 11 is 0. The van der Waals surface area contributed by atoms with Gasteiger partial charge in [0.15, 0.2) is 0 Å². The average Bonchev–Trinajstić information content (AvgIpc) is 2.80. The minimum absolute atomic E-state index is 0.113. The van der Waals surface area contributed by atoms with E-state index in [1.807, 2.05) is 54.6 Å². The molecule has 3 aromatic rings. The van der Waals surface area contributed by atoms with E-state index in [4.69, 9.17) is 4.74 Å². The lowest BCUT2D eigenvalue weighted by molar-refractivity contribution is -0.123. The molecule has 156 valence electrons. The second-order valence-electron chi connectivity index (χ2n) is 7.12. The summed E-state index contributed by atoms with van der Waals surface area (Å²) in [6.45, 7) is 0. The Balaban J connectivity index is 1.83. The largest absolute Gasteiger partial charge is 0.497 e. The summed E-state index contributed by atoms with van der Waals surface area (Å²) in [6, 6.07) is 23.4. The van der Waals surface area contributed by atoms with Gasteiger partial charge in [0.25, 0.3) is 0 Å². The van der Waals surface area contributed by atoms with Crippen molar-refractivity contribution in [2.24, 2.45) is 0 Å². The van der Waals surface area contributed by atoms with Gasteiger partial charge in [0.05, 0.1) is 7.11 Å². The van der Waals surface area contributed by atoms with Crippen molar-refractivity contribution in [1.29, 1.82) is 0 Å². The number of hydrogen-bond donors (Lipinski definition) is 2. The van der Waals surface area contributed by atoms with Crippen molar-refractivity contribution in [3.8, 4) is 5.75 Å². The molecule has 0 fully saturated rings. The zero-order valence-electron chi connectivity index (χ0n) is 17.3. The van der Waals surface area contributed by atoms with Crippen LogP contribution in [0.1, 0.15) is 35.2 Å². The number of rotatable bonds is 9. The lowest BCUT2D eigenvalue weighted by Crippen LogP contribution is -2.38. The van der Waals surface area contributed by atoms with Gasteiger partial charge >= 0.3 is 0 Å². The summed E-state index contributed by atoms with van der Waals surface area (Å²) in [5.41, 5.74) is 2.99. The molecule has 0 aliphatic rings. The van der Waals surface area contributed by atoms with E-state index in [0.717, 1.165) is 29.7 Å². The molecule has 0 saturated heterocycles. The Morgan fingerprint density at radius 2 is 1.60 bits per heavy atom. The van der Waals surface area contributed by atoms with Crippen LogP contribution < -0.4 is 15.4 Å². The number of likely N-dealkylation sites (N-methyl/N-ethyl adjacent to an activating group) is 1. The first kappa shape index (κ1) is 21.5. The quantitative estimate of drug-likeness (QED) is 0.547. The molecule has 0 radical (unpaired) electrons. The molecule has 5 heteroatoms. The van der Waals surface area contributed by atoms with E-state index in [-0.39, 0.29) is 17.8 Å². The second kappa shape index (κ2) is 10.6. The van der Waals surface area contributed by atoms with Crippen LogP contribution in [0.25, 0.3) is 0 Å². The maximum atomic E-state index is 13.5. The molecule has 0 saturated carbocycles. The molecule has 3 rings (SSSR count). The second-order valence-corrected chi connectivity index (χ2v) is 7.12. The van der Waals surface area contributed by atoms with Gasteiger partial charge in [-0.15, -0.1) is 0 Å². The first-order valence-corrected chi connectivity index (χ1v) is 10.0. The van der Waals surface area contributed by atoms with Crippen molar-refractivity contribution in [1.82, 2.24) is 10.6 Å². The van der Waals surface area contributed by atoms with Gasteiger partial charge in [-0.2, -0.15) is 0 Å². The van der Waals surface area contributed by atoms with Crippen LogP contribution in [0.5, 0.6) is 5.75 Å². The number of halogens is 1. The summed E-state index contributed by atoms with van der Waals surface area (Å²) in [6.07, 6.45) is 1.55. The van der Waals surface area contributed by atoms with Gasteiger partial charge in [-0.05, 0) is 53.8 Å². The van der Waals surface area contributed by atoms with E-state index in [2.05, 4.69) is 10.6 Å². The number of carbonyl (C=O) groups excluding carboxylic acids is 1.